The smallest absolute Gasteiger partial charge is 0.0729 e. The molecular weight excluding hydrogens is 222 g/mol. The summed E-state index contributed by atoms with van der Waals surface area (Å²) >= 11 is 0. The lowest BCUT2D eigenvalue weighted by Gasteiger charge is -2.39. The molecule has 3 rings (SSSR count). The van der Waals surface area contributed by atoms with Gasteiger partial charge in [0, 0.05) is 6.04 Å². The van der Waals surface area contributed by atoms with Crippen molar-refractivity contribution >= 4 is 0 Å². The van der Waals surface area contributed by atoms with Gasteiger partial charge in [-0.05, 0) is 18.4 Å². The van der Waals surface area contributed by atoms with Gasteiger partial charge in [-0.15, -0.1) is 0 Å². The molecule has 1 aromatic rings. The quantitative estimate of drug-likeness (QED) is 0.818. The van der Waals surface area contributed by atoms with E-state index in [1.165, 1.54) is 44.1 Å². The number of nitrogens with one attached hydrogen (secondary N) is 1. The summed E-state index contributed by atoms with van der Waals surface area (Å²) in [7, 11) is 0. The van der Waals surface area contributed by atoms with Crippen molar-refractivity contribution in [2.24, 2.45) is 0 Å². The predicted octanol–water partition coefficient (Wildman–Crippen LogP) is 3.44. The van der Waals surface area contributed by atoms with Crippen molar-refractivity contribution in [1.29, 1.82) is 0 Å². The molecule has 1 saturated heterocycles. The largest absolute Gasteiger partial charge is 0.375 e. The molecule has 98 valence electrons. The molecule has 18 heavy (non-hydrogen) atoms. The Morgan fingerprint density at radius 1 is 0.944 bits per heavy atom. The van der Waals surface area contributed by atoms with Crippen LogP contribution in [0.15, 0.2) is 30.3 Å². The summed E-state index contributed by atoms with van der Waals surface area (Å²) in [6.07, 6.45) is 8.41. The molecule has 3 unspecified atom stereocenters. The molecular formula is C16H23NO. The fraction of sp³-hybridized carbons (Fsp3) is 0.625. The van der Waals surface area contributed by atoms with Crippen LogP contribution in [0.2, 0.25) is 0 Å². The zero-order valence-corrected chi connectivity index (χ0v) is 11.0. The minimum Gasteiger partial charge on any atom is -0.375 e. The van der Waals surface area contributed by atoms with Crippen LogP contribution in [-0.4, -0.2) is 18.8 Å². The molecule has 1 aromatic carbocycles. The van der Waals surface area contributed by atoms with Crippen LogP contribution in [0.5, 0.6) is 0 Å². The molecule has 3 atom stereocenters. The van der Waals surface area contributed by atoms with E-state index >= 15 is 0 Å². The number of morpholine rings is 1. The summed E-state index contributed by atoms with van der Waals surface area (Å²) in [6, 6.07) is 11.6. The highest BCUT2D eigenvalue weighted by Gasteiger charge is 2.31. The number of benzene rings is 1. The molecule has 1 aliphatic carbocycles. The summed E-state index contributed by atoms with van der Waals surface area (Å²) in [6.45, 7) is 0.825. The second-order valence-electron chi connectivity index (χ2n) is 5.60. The van der Waals surface area contributed by atoms with Crippen LogP contribution in [0.1, 0.15) is 50.1 Å². The molecule has 2 nitrogen and oxygen atoms in total. The Morgan fingerprint density at radius 3 is 2.56 bits per heavy atom. The van der Waals surface area contributed by atoms with E-state index in [0.29, 0.717) is 18.2 Å². The highest BCUT2D eigenvalue weighted by atomic mass is 16.5. The van der Waals surface area contributed by atoms with Gasteiger partial charge in [0.1, 0.15) is 0 Å². The lowest BCUT2D eigenvalue weighted by atomic mass is 9.91. The third-order valence-electron chi connectivity index (χ3n) is 4.30. The van der Waals surface area contributed by atoms with Gasteiger partial charge in [0.2, 0.25) is 0 Å². The first-order valence-electron chi connectivity index (χ1n) is 7.36. The van der Waals surface area contributed by atoms with E-state index in [9.17, 15) is 0 Å². The van der Waals surface area contributed by atoms with Crippen LogP contribution < -0.4 is 5.32 Å². The minimum atomic E-state index is 0.381. The molecule has 2 fully saturated rings. The minimum absolute atomic E-state index is 0.381. The van der Waals surface area contributed by atoms with Crippen molar-refractivity contribution in [3.63, 3.8) is 0 Å². The third kappa shape index (κ3) is 2.76. The first-order chi connectivity index (χ1) is 8.93. The van der Waals surface area contributed by atoms with Crippen LogP contribution in [0.3, 0.4) is 0 Å². The van der Waals surface area contributed by atoms with E-state index in [1.807, 2.05) is 0 Å². The fourth-order valence-corrected chi connectivity index (χ4v) is 3.24. The van der Waals surface area contributed by atoms with Crippen molar-refractivity contribution < 1.29 is 4.74 Å². The Balaban J connectivity index is 1.67. The topological polar surface area (TPSA) is 21.3 Å². The van der Waals surface area contributed by atoms with E-state index in [-0.39, 0.29) is 0 Å². The lowest BCUT2D eigenvalue weighted by molar-refractivity contribution is -0.0386. The highest BCUT2D eigenvalue weighted by Crippen LogP contribution is 2.27. The molecule has 0 spiro atoms. The first-order valence-corrected chi connectivity index (χ1v) is 7.36. The summed E-state index contributed by atoms with van der Waals surface area (Å²) in [5.41, 5.74) is 1.36. The SMILES string of the molecule is c1ccc(C2COC3CCCCCCC3N2)cc1. The van der Waals surface area contributed by atoms with Crippen molar-refractivity contribution in [3.8, 4) is 0 Å². The van der Waals surface area contributed by atoms with Crippen LogP contribution >= 0.6 is 0 Å². The van der Waals surface area contributed by atoms with Crippen LogP contribution in [-0.2, 0) is 4.74 Å². The zero-order chi connectivity index (χ0) is 12.2. The average Bonchev–Trinajstić information content (AvgIpc) is 2.40. The molecule has 0 aromatic heterocycles. The van der Waals surface area contributed by atoms with Crippen molar-refractivity contribution in [3.05, 3.63) is 35.9 Å². The normalized spacial score (nSPS) is 33.2. The molecule has 2 heteroatoms. The van der Waals surface area contributed by atoms with Gasteiger partial charge in [-0.3, -0.25) is 0 Å². The number of hydrogen-bond acceptors (Lipinski definition) is 2. The molecule has 0 radical (unpaired) electrons. The molecule has 1 aliphatic heterocycles. The maximum Gasteiger partial charge on any atom is 0.0729 e. The van der Waals surface area contributed by atoms with Gasteiger partial charge in [0.25, 0.3) is 0 Å². The summed E-state index contributed by atoms with van der Waals surface area (Å²) in [5, 5.41) is 3.81. The van der Waals surface area contributed by atoms with Crippen molar-refractivity contribution in [2.75, 3.05) is 6.61 Å². The standard InChI is InChI=1S/C16H23NO/c1-2-7-11-16-14(10-6-1)17-15(12-18-16)13-8-4-3-5-9-13/h3-5,8-9,14-17H,1-2,6-7,10-12H2. The van der Waals surface area contributed by atoms with Gasteiger partial charge in [0.15, 0.2) is 0 Å². The first kappa shape index (κ1) is 12.2. The van der Waals surface area contributed by atoms with E-state index in [1.54, 1.807) is 0 Å². The second-order valence-corrected chi connectivity index (χ2v) is 5.60. The van der Waals surface area contributed by atoms with Gasteiger partial charge in [-0.2, -0.15) is 0 Å². The maximum absolute atomic E-state index is 6.12. The second kappa shape index (κ2) is 5.85. The van der Waals surface area contributed by atoms with E-state index in [0.717, 1.165) is 6.61 Å². The van der Waals surface area contributed by atoms with Gasteiger partial charge in [0.05, 0.1) is 18.8 Å². The Morgan fingerprint density at radius 2 is 1.72 bits per heavy atom. The highest BCUT2D eigenvalue weighted by molar-refractivity contribution is 5.19. The van der Waals surface area contributed by atoms with Gasteiger partial charge >= 0.3 is 0 Å². The maximum atomic E-state index is 6.12. The van der Waals surface area contributed by atoms with Crippen molar-refractivity contribution in [1.82, 2.24) is 5.32 Å². The van der Waals surface area contributed by atoms with E-state index in [2.05, 4.69) is 35.6 Å². The monoisotopic (exact) mass is 245 g/mol. The number of rotatable bonds is 1. The van der Waals surface area contributed by atoms with Gasteiger partial charge in [-0.25, -0.2) is 0 Å². The van der Waals surface area contributed by atoms with Gasteiger partial charge < -0.3 is 10.1 Å². The van der Waals surface area contributed by atoms with E-state index < -0.39 is 0 Å². The summed E-state index contributed by atoms with van der Waals surface area (Å²) in [4.78, 5) is 0. The fourth-order valence-electron chi connectivity index (χ4n) is 3.24. The zero-order valence-electron chi connectivity index (χ0n) is 11.0. The molecule has 1 N–H and O–H groups in total. The van der Waals surface area contributed by atoms with Crippen LogP contribution in [0.4, 0.5) is 0 Å². The Bertz CT molecular complexity index is 365. The lowest BCUT2D eigenvalue weighted by Crippen LogP contribution is -2.50. The van der Waals surface area contributed by atoms with Crippen LogP contribution in [0, 0.1) is 0 Å². The molecule has 2 aliphatic rings. The predicted molar refractivity (Wildman–Crippen MR) is 73.5 cm³/mol. The number of hydrogen-bond donors (Lipinski definition) is 1. The molecule has 1 saturated carbocycles. The Kier molecular flexibility index (Phi) is 3.96. The van der Waals surface area contributed by atoms with Crippen molar-refractivity contribution in [2.45, 2.75) is 56.7 Å². The summed E-state index contributed by atoms with van der Waals surface area (Å²) < 4.78 is 6.12. The van der Waals surface area contributed by atoms with E-state index in [4.69, 9.17) is 4.74 Å². The number of fused-ring (bicyclic) bond motifs is 1. The molecule has 1 heterocycles. The molecule has 0 amide bonds. The molecule has 0 bridgehead atoms. The Labute approximate surface area is 110 Å². The average molecular weight is 245 g/mol. The Hall–Kier alpha value is -0.860. The van der Waals surface area contributed by atoms with Gasteiger partial charge in [-0.1, -0.05) is 56.0 Å². The summed E-state index contributed by atoms with van der Waals surface area (Å²) in [5.74, 6) is 0. The third-order valence-corrected chi connectivity index (χ3v) is 4.30. The van der Waals surface area contributed by atoms with Crippen LogP contribution in [0.25, 0.3) is 0 Å². The number of ether oxygens (including phenoxy) is 1.